The number of nitrogens with one attached hydrogen (secondary N) is 3. The number of phenols is 1. The van der Waals surface area contributed by atoms with Gasteiger partial charge in [0.05, 0.1) is 12.6 Å². The van der Waals surface area contributed by atoms with Crippen molar-refractivity contribution < 1.29 is 14.6 Å². The molecule has 0 radical (unpaired) electrons. The lowest BCUT2D eigenvalue weighted by Gasteiger charge is -2.38. The molecule has 4 N–H and O–H groups in total. The van der Waals surface area contributed by atoms with Gasteiger partial charge in [0.1, 0.15) is 17.1 Å². The van der Waals surface area contributed by atoms with Gasteiger partial charge in [0.15, 0.2) is 5.96 Å². The van der Waals surface area contributed by atoms with E-state index in [-0.39, 0.29) is 23.3 Å². The third-order valence-electron chi connectivity index (χ3n) is 4.83. The van der Waals surface area contributed by atoms with E-state index in [1.54, 1.807) is 12.1 Å². The molecular weight excluding hydrogens is 380 g/mol. The molecule has 0 aliphatic carbocycles. The van der Waals surface area contributed by atoms with Gasteiger partial charge in [0.25, 0.3) is 5.91 Å². The van der Waals surface area contributed by atoms with Gasteiger partial charge in [-0.1, -0.05) is 18.2 Å². The van der Waals surface area contributed by atoms with Crippen molar-refractivity contribution in [3.63, 3.8) is 0 Å². The highest BCUT2D eigenvalue weighted by atomic mass is 16.5. The fraction of sp³-hybridized carbons (Fsp3) is 0.391. The molecule has 3 rings (SSSR count). The molecule has 0 saturated heterocycles. The van der Waals surface area contributed by atoms with E-state index in [4.69, 9.17) is 4.74 Å². The third-order valence-corrected chi connectivity index (χ3v) is 4.83. The Morgan fingerprint density at radius 2 is 1.90 bits per heavy atom. The Morgan fingerprint density at radius 3 is 2.63 bits per heavy atom. The van der Waals surface area contributed by atoms with Gasteiger partial charge in [0.2, 0.25) is 0 Å². The van der Waals surface area contributed by atoms with Crippen molar-refractivity contribution in [2.24, 2.45) is 4.99 Å². The fourth-order valence-corrected chi connectivity index (χ4v) is 3.47. The second-order valence-electron chi connectivity index (χ2n) is 7.86. The molecule has 160 valence electrons. The maximum Gasteiger partial charge on any atom is 0.251 e. The molecule has 30 heavy (non-hydrogen) atoms. The lowest BCUT2D eigenvalue weighted by Crippen LogP contribution is -2.45. The number of rotatable bonds is 6. The van der Waals surface area contributed by atoms with Crippen molar-refractivity contribution in [1.29, 1.82) is 0 Å². The summed E-state index contributed by atoms with van der Waals surface area (Å²) in [5.74, 6) is 1.54. The lowest BCUT2D eigenvalue weighted by molar-refractivity contribution is 0.0694. The first kappa shape index (κ1) is 21.5. The van der Waals surface area contributed by atoms with Gasteiger partial charge in [-0.05, 0) is 51.1 Å². The zero-order valence-electron chi connectivity index (χ0n) is 17.7. The van der Waals surface area contributed by atoms with Crippen LogP contribution in [0.3, 0.4) is 0 Å². The van der Waals surface area contributed by atoms with Crippen LogP contribution >= 0.6 is 0 Å². The number of hydrogen-bond acceptors (Lipinski definition) is 4. The maximum atomic E-state index is 12.2. The predicted octanol–water partition coefficient (Wildman–Crippen LogP) is 2.98. The first-order chi connectivity index (χ1) is 14.4. The molecule has 0 aromatic heterocycles. The summed E-state index contributed by atoms with van der Waals surface area (Å²) in [6.07, 6.45) is 0.812. The Bertz CT molecular complexity index is 894. The summed E-state index contributed by atoms with van der Waals surface area (Å²) in [7, 11) is 0. The number of carbonyl (C=O) groups is 1. The Labute approximate surface area is 177 Å². The summed E-state index contributed by atoms with van der Waals surface area (Å²) in [6.45, 7) is 7.77. The number of nitrogens with zero attached hydrogens (tertiary/aromatic N) is 1. The Hall–Kier alpha value is -3.22. The SMILES string of the molecule is CCNC(=NCCNC(=O)c1ccc(O)cc1)NC1CC(C)(C)Oc2ccccc21. The second-order valence-corrected chi connectivity index (χ2v) is 7.86. The van der Waals surface area contributed by atoms with E-state index in [1.165, 1.54) is 12.1 Å². The summed E-state index contributed by atoms with van der Waals surface area (Å²) in [6, 6.07) is 14.3. The van der Waals surface area contributed by atoms with Crippen molar-refractivity contribution in [2.75, 3.05) is 19.6 Å². The lowest BCUT2D eigenvalue weighted by atomic mass is 9.90. The van der Waals surface area contributed by atoms with Gasteiger partial charge in [-0.3, -0.25) is 9.79 Å². The molecule has 1 atom stereocenters. The second kappa shape index (κ2) is 9.52. The smallest absolute Gasteiger partial charge is 0.251 e. The highest BCUT2D eigenvalue weighted by molar-refractivity contribution is 5.94. The summed E-state index contributed by atoms with van der Waals surface area (Å²) in [5.41, 5.74) is 1.34. The van der Waals surface area contributed by atoms with E-state index < -0.39 is 0 Å². The van der Waals surface area contributed by atoms with Crippen LogP contribution in [0.25, 0.3) is 0 Å². The molecule has 2 aromatic carbocycles. The number of carbonyl (C=O) groups excluding carboxylic acids is 1. The van der Waals surface area contributed by atoms with Crippen LogP contribution in [0.1, 0.15) is 49.2 Å². The van der Waals surface area contributed by atoms with Gasteiger partial charge in [-0.15, -0.1) is 0 Å². The fourth-order valence-electron chi connectivity index (χ4n) is 3.47. The van der Waals surface area contributed by atoms with E-state index in [0.29, 0.717) is 24.6 Å². The van der Waals surface area contributed by atoms with Crippen LogP contribution in [0, 0.1) is 0 Å². The van der Waals surface area contributed by atoms with Crippen molar-refractivity contribution >= 4 is 11.9 Å². The Morgan fingerprint density at radius 1 is 1.17 bits per heavy atom. The van der Waals surface area contributed by atoms with Crippen LogP contribution < -0.4 is 20.7 Å². The Kier molecular flexibility index (Phi) is 6.82. The van der Waals surface area contributed by atoms with Crippen LogP contribution in [0.4, 0.5) is 0 Å². The highest BCUT2D eigenvalue weighted by Gasteiger charge is 2.33. The van der Waals surface area contributed by atoms with E-state index in [9.17, 15) is 9.90 Å². The van der Waals surface area contributed by atoms with Gasteiger partial charge >= 0.3 is 0 Å². The number of amides is 1. The van der Waals surface area contributed by atoms with Gasteiger partial charge in [-0.25, -0.2) is 0 Å². The number of benzene rings is 2. The molecule has 1 amide bonds. The quantitative estimate of drug-likeness (QED) is 0.334. The number of guanidine groups is 1. The van der Waals surface area contributed by atoms with Gasteiger partial charge < -0.3 is 25.8 Å². The minimum absolute atomic E-state index is 0.0781. The van der Waals surface area contributed by atoms with Crippen molar-refractivity contribution in [3.05, 3.63) is 59.7 Å². The Balaban J connectivity index is 1.61. The number of ether oxygens (including phenoxy) is 1. The number of fused-ring (bicyclic) bond motifs is 1. The largest absolute Gasteiger partial charge is 0.508 e. The zero-order valence-corrected chi connectivity index (χ0v) is 17.7. The number of aliphatic imine (C=N–C) groups is 1. The van der Waals surface area contributed by atoms with E-state index in [2.05, 4.69) is 40.9 Å². The highest BCUT2D eigenvalue weighted by Crippen LogP contribution is 2.39. The number of aromatic hydroxyl groups is 1. The molecule has 0 bridgehead atoms. The average Bonchev–Trinajstić information content (AvgIpc) is 2.70. The van der Waals surface area contributed by atoms with Crippen LogP contribution in [-0.4, -0.2) is 42.2 Å². The normalized spacial score (nSPS) is 17.4. The zero-order chi connectivity index (χ0) is 21.6. The summed E-state index contributed by atoms with van der Waals surface area (Å²) < 4.78 is 6.10. The van der Waals surface area contributed by atoms with Gasteiger partial charge in [0, 0.05) is 30.6 Å². The topological polar surface area (TPSA) is 95.0 Å². The number of phenolic OH excluding ortho intramolecular Hbond substituents is 1. The first-order valence-electron chi connectivity index (χ1n) is 10.3. The molecular formula is C23H30N4O3. The molecule has 7 heteroatoms. The molecule has 7 nitrogen and oxygen atoms in total. The number of hydrogen-bond donors (Lipinski definition) is 4. The predicted molar refractivity (Wildman–Crippen MR) is 118 cm³/mol. The summed E-state index contributed by atoms with van der Waals surface area (Å²) in [4.78, 5) is 16.8. The molecule has 1 aliphatic heterocycles. The van der Waals surface area contributed by atoms with Crippen molar-refractivity contribution in [3.8, 4) is 11.5 Å². The van der Waals surface area contributed by atoms with E-state index in [1.807, 2.05) is 25.1 Å². The molecule has 1 aliphatic rings. The number of para-hydroxylation sites is 1. The van der Waals surface area contributed by atoms with Crippen molar-refractivity contribution in [1.82, 2.24) is 16.0 Å². The minimum Gasteiger partial charge on any atom is -0.508 e. The maximum absolute atomic E-state index is 12.2. The molecule has 1 unspecified atom stereocenters. The molecule has 0 fully saturated rings. The van der Waals surface area contributed by atoms with Crippen LogP contribution in [0.15, 0.2) is 53.5 Å². The molecule has 0 spiro atoms. The summed E-state index contributed by atoms with van der Waals surface area (Å²) >= 11 is 0. The van der Waals surface area contributed by atoms with Gasteiger partial charge in [-0.2, -0.15) is 0 Å². The first-order valence-corrected chi connectivity index (χ1v) is 10.3. The standard InChI is InChI=1S/C23H30N4O3/c1-4-24-22(26-14-13-25-21(29)16-9-11-17(28)12-10-16)27-19-15-23(2,3)30-20-8-6-5-7-18(19)20/h5-12,19,28H,4,13-15H2,1-3H3,(H,25,29)(H2,24,26,27). The molecule has 2 aromatic rings. The van der Waals surface area contributed by atoms with Crippen LogP contribution in [0.5, 0.6) is 11.5 Å². The van der Waals surface area contributed by atoms with Crippen LogP contribution in [0.2, 0.25) is 0 Å². The minimum atomic E-state index is -0.276. The van der Waals surface area contributed by atoms with E-state index >= 15 is 0 Å². The summed E-state index contributed by atoms with van der Waals surface area (Å²) in [5, 5.41) is 19.0. The molecule has 0 saturated carbocycles. The van der Waals surface area contributed by atoms with Crippen molar-refractivity contribution in [2.45, 2.75) is 38.8 Å². The van der Waals surface area contributed by atoms with Crippen LogP contribution in [-0.2, 0) is 0 Å². The monoisotopic (exact) mass is 410 g/mol. The van der Waals surface area contributed by atoms with E-state index in [0.717, 1.165) is 24.3 Å². The molecule has 1 heterocycles. The third kappa shape index (κ3) is 5.65. The average molecular weight is 411 g/mol.